The van der Waals surface area contributed by atoms with Gasteiger partial charge in [-0.15, -0.1) is 0 Å². The maximum Gasteiger partial charge on any atom is 0.166 e. The molecule has 2 unspecified atom stereocenters. The van der Waals surface area contributed by atoms with Crippen LogP contribution in [0.5, 0.6) is 0 Å². The molecule has 0 spiro atoms. The highest BCUT2D eigenvalue weighted by molar-refractivity contribution is 6.33. The highest BCUT2D eigenvalue weighted by Crippen LogP contribution is 2.50. The Bertz CT molecular complexity index is 253. The van der Waals surface area contributed by atoms with Crippen LogP contribution < -0.4 is 0 Å². The maximum atomic E-state index is 11.8. The molecule has 0 saturated heterocycles. The van der Waals surface area contributed by atoms with Gasteiger partial charge in [-0.1, -0.05) is 11.5 Å². The van der Waals surface area contributed by atoms with Crippen molar-refractivity contribution in [3.8, 4) is 0 Å². The molecule has 0 N–H and O–H groups in total. The van der Waals surface area contributed by atoms with Crippen molar-refractivity contribution in [3.05, 3.63) is 11.5 Å². The lowest BCUT2D eigenvalue weighted by Gasteiger charge is -2.14. The third-order valence-corrected chi connectivity index (χ3v) is 2.19. The first kappa shape index (κ1) is 7.99. The molecule has 2 nitrogen and oxygen atoms in total. The second kappa shape index (κ2) is 2.70. The molecule has 2 aliphatic rings. The van der Waals surface area contributed by atoms with Gasteiger partial charge in [0.1, 0.15) is 14.5 Å². The zero-order chi connectivity index (χ0) is 8.60. The van der Waals surface area contributed by atoms with E-state index in [9.17, 15) is 4.39 Å². The molecule has 0 bridgehead atoms. The zero-order valence-electron chi connectivity index (χ0n) is 6.66. The molecule has 0 aromatic carbocycles. The summed E-state index contributed by atoms with van der Waals surface area (Å²) in [5, 5.41) is 0. The molecule has 0 amide bonds. The van der Waals surface area contributed by atoms with Crippen molar-refractivity contribution in [3.63, 3.8) is 0 Å². The SMILES string of the molecule is [B]C1=CC2CC2(OCCF)N=C1. The second-order valence-electron chi connectivity index (χ2n) is 3.12. The summed E-state index contributed by atoms with van der Waals surface area (Å²) in [4.78, 5) is 4.15. The van der Waals surface area contributed by atoms with Gasteiger partial charge >= 0.3 is 0 Å². The van der Waals surface area contributed by atoms with Gasteiger partial charge in [0.05, 0.1) is 6.61 Å². The summed E-state index contributed by atoms with van der Waals surface area (Å²) in [5.74, 6) is 0.272. The summed E-state index contributed by atoms with van der Waals surface area (Å²) in [5.41, 5.74) is 0.228. The Hall–Kier alpha value is -0.635. The Labute approximate surface area is 71.9 Å². The molecular weight excluding hydrogens is 156 g/mol. The normalized spacial score (nSPS) is 37.4. The Morgan fingerprint density at radius 3 is 3.33 bits per heavy atom. The minimum Gasteiger partial charge on any atom is -0.350 e. The van der Waals surface area contributed by atoms with Crippen LogP contribution in [0, 0.1) is 5.92 Å². The Kier molecular flexibility index (Phi) is 1.79. The van der Waals surface area contributed by atoms with E-state index in [0.29, 0.717) is 5.47 Å². The predicted molar refractivity (Wildman–Crippen MR) is 45.1 cm³/mol. The van der Waals surface area contributed by atoms with Gasteiger partial charge in [-0.3, -0.25) is 4.99 Å². The van der Waals surface area contributed by atoms with Crippen molar-refractivity contribution in [2.24, 2.45) is 10.9 Å². The van der Waals surface area contributed by atoms with E-state index in [1.165, 1.54) is 0 Å². The first-order valence-electron chi connectivity index (χ1n) is 3.99. The lowest BCUT2D eigenvalue weighted by atomic mass is 9.94. The van der Waals surface area contributed by atoms with Crippen LogP contribution >= 0.6 is 0 Å². The number of rotatable bonds is 3. The van der Waals surface area contributed by atoms with E-state index in [0.717, 1.165) is 6.42 Å². The molecule has 2 atom stereocenters. The average molecular weight is 165 g/mol. The number of aliphatic imine (C=N–C) groups is 1. The predicted octanol–water partition coefficient (Wildman–Crippen LogP) is 0.825. The van der Waals surface area contributed by atoms with Gasteiger partial charge in [0.15, 0.2) is 5.72 Å². The number of ether oxygens (including phenoxy) is 1. The van der Waals surface area contributed by atoms with Gasteiger partial charge in [-0.2, -0.15) is 0 Å². The van der Waals surface area contributed by atoms with Crippen LogP contribution in [-0.4, -0.2) is 33.1 Å². The monoisotopic (exact) mass is 165 g/mol. The molecule has 1 fully saturated rings. The lowest BCUT2D eigenvalue weighted by molar-refractivity contribution is 0.0236. The molecule has 0 aromatic rings. The average Bonchev–Trinajstić information content (AvgIpc) is 2.75. The van der Waals surface area contributed by atoms with Crippen molar-refractivity contribution in [2.45, 2.75) is 12.1 Å². The Morgan fingerprint density at radius 1 is 1.83 bits per heavy atom. The molecular formula is C8H9BFNO. The van der Waals surface area contributed by atoms with E-state index in [4.69, 9.17) is 12.6 Å². The van der Waals surface area contributed by atoms with Gasteiger partial charge < -0.3 is 4.74 Å². The van der Waals surface area contributed by atoms with Gasteiger partial charge in [-0.05, 0) is 0 Å². The van der Waals surface area contributed by atoms with E-state index in [1.807, 2.05) is 6.08 Å². The maximum absolute atomic E-state index is 11.8. The van der Waals surface area contributed by atoms with Crippen LogP contribution in [0.4, 0.5) is 4.39 Å². The fourth-order valence-electron chi connectivity index (χ4n) is 1.47. The third kappa shape index (κ3) is 1.20. The van der Waals surface area contributed by atoms with Crippen molar-refractivity contribution < 1.29 is 9.13 Å². The molecule has 1 heterocycles. The number of allylic oxidation sites excluding steroid dienone is 1. The van der Waals surface area contributed by atoms with Gasteiger partial charge in [-0.25, -0.2) is 4.39 Å². The standard InChI is InChI=1S/C8H9BFNO/c9-7-3-6-4-8(6,11-5-7)12-2-1-10/h3,5-6H,1-2,4H2. The number of alkyl halides is 1. The first-order chi connectivity index (χ1) is 5.77. The molecule has 62 valence electrons. The summed E-state index contributed by atoms with van der Waals surface area (Å²) in [6, 6.07) is 0. The fourth-order valence-corrected chi connectivity index (χ4v) is 1.47. The number of fused-ring (bicyclic) bond motifs is 1. The van der Waals surface area contributed by atoms with Gasteiger partial charge in [0.2, 0.25) is 0 Å². The summed E-state index contributed by atoms with van der Waals surface area (Å²) >= 11 is 0. The van der Waals surface area contributed by atoms with E-state index in [-0.39, 0.29) is 12.5 Å². The van der Waals surface area contributed by atoms with Gasteiger partial charge in [0, 0.05) is 18.6 Å². The number of hydrogen-bond donors (Lipinski definition) is 0. The molecule has 0 aromatic heterocycles. The third-order valence-electron chi connectivity index (χ3n) is 2.19. The summed E-state index contributed by atoms with van der Waals surface area (Å²) in [6.45, 7) is -0.329. The Balaban J connectivity index is 1.98. The van der Waals surface area contributed by atoms with E-state index >= 15 is 0 Å². The van der Waals surface area contributed by atoms with Crippen LogP contribution in [-0.2, 0) is 4.74 Å². The first-order valence-corrected chi connectivity index (χ1v) is 3.99. The number of halogens is 1. The van der Waals surface area contributed by atoms with E-state index < -0.39 is 12.4 Å². The molecule has 1 aliphatic carbocycles. The molecule has 1 aliphatic heterocycles. The van der Waals surface area contributed by atoms with Crippen LogP contribution in [0.15, 0.2) is 16.5 Å². The van der Waals surface area contributed by atoms with Gasteiger partial charge in [0.25, 0.3) is 0 Å². The topological polar surface area (TPSA) is 21.6 Å². The zero-order valence-corrected chi connectivity index (χ0v) is 6.66. The van der Waals surface area contributed by atoms with Crippen LogP contribution in [0.25, 0.3) is 0 Å². The lowest BCUT2D eigenvalue weighted by Crippen LogP contribution is -2.18. The highest BCUT2D eigenvalue weighted by Gasteiger charge is 2.55. The fraction of sp³-hybridized carbons (Fsp3) is 0.625. The highest BCUT2D eigenvalue weighted by atomic mass is 19.1. The minimum absolute atomic E-state index is 0.127. The van der Waals surface area contributed by atoms with E-state index in [2.05, 4.69) is 4.99 Å². The molecule has 12 heavy (non-hydrogen) atoms. The van der Waals surface area contributed by atoms with Crippen LogP contribution in [0.1, 0.15) is 6.42 Å². The second-order valence-corrected chi connectivity index (χ2v) is 3.12. The van der Waals surface area contributed by atoms with Crippen molar-refractivity contribution in [1.82, 2.24) is 0 Å². The molecule has 4 heteroatoms. The Morgan fingerprint density at radius 2 is 2.67 bits per heavy atom. The minimum atomic E-state index is -0.455. The smallest absolute Gasteiger partial charge is 0.166 e. The number of nitrogens with zero attached hydrogens (tertiary/aromatic N) is 1. The summed E-state index contributed by atoms with van der Waals surface area (Å²) < 4.78 is 17.1. The quantitative estimate of drug-likeness (QED) is 0.567. The number of hydrogen-bond acceptors (Lipinski definition) is 2. The summed E-state index contributed by atoms with van der Waals surface area (Å²) in [7, 11) is 5.52. The van der Waals surface area contributed by atoms with E-state index in [1.54, 1.807) is 6.21 Å². The van der Waals surface area contributed by atoms with Crippen molar-refractivity contribution in [1.29, 1.82) is 0 Å². The molecule has 2 rings (SSSR count). The molecule has 2 radical (unpaired) electrons. The largest absolute Gasteiger partial charge is 0.350 e. The number of dihydropyridines is 1. The van der Waals surface area contributed by atoms with Crippen molar-refractivity contribution >= 4 is 14.1 Å². The van der Waals surface area contributed by atoms with Crippen LogP contribution in [0.3, 0.4) is 0 Å². The summed E-state index contributed by atoms with van der Waals surface area (Å²) in [6.07, 6.45) is 4.34. The van der Waals surface area contributed by atoms with Crippen molar-refractivity contribution in [2.75, 3.05) is 13.3 Å². The molecule has 1 saturated carbocycles. The van der Waals surface area contributed by atoms with Crippen LogP contribution in [0.2, 0.25) is 0 Å².